The smallest absolute Gasteiger partial charge is 0.229 e. The Morgan fingerprint density at radius 3 is 2.85 bits per heavy atom. The van der Waals surface area contributed by atoms with Crippen molar-refractivity contribution in [2.24, 2.45) is 0 Å². The highest BCUT2D eigenvalue weighted by molar-refractivity contribution is 7.10. The number of thiophene rings is 1. The van der Waals surface area contributed by atoms with Crippen LogP contribution in [0.5, 0.6) is 0 Å². The highest BCUT2D eigenvalue weighted by atomic mass is 32.1. The molecule has 2 aromatic rings. The summed E-state index contributed by atoms with van der Waals surface area (Å²) in [6.45, 7) is 4.23. The number of hydrogen-bond donors (Lipinski definition) is 2. The Balaban J connectivity index is 1.88. The zero-order chi connectivity index (χ0) is 14.4. The Hall–Kier alpha value is -1.88. The molecule has 0 spiro atoms. The van der Waals surface area contributed by atoms with Crippen LogP contribution in [-0.4, -0.2) is 16.9 Å². The summed E-state index contributed by atoms with van der Waals surface area (Å²) in [7, 11) is 0. The molecule has 20 heavy (non-hydrogen) atoms. The lowest BCUT2D eigenvalue weighted by Crippen LogP contribution is -2.16. The highest BCUT2D eigenvalue weighted by Crippen LogP contribution is 2.13. The summed E-state index contributed by atoms with van der Waals surface area (Å²) >= 11 is 1.59. The molecule has 1 atom stereocenters. The predicted molar refractivity (Wildman–Crippen MR) is 84.3 cm³/mol. The van der Waals surface area contributed by atoms with Gasteiger partial charge in [0.25, 0.3) is 0 Å². The van der Waals surface area contributed by atoms with Gasteiger partial charge in [0.15, 0.2) is 0 Å². The van der Waals surface area contributed by atoms with Gasteiger partial charge in [-0.1, -0.05) is 13.0 Å². The summed E-state index contributed by atoms with van der Waals surface area (Å²) in [6.07, 6.45) is 3.13. The van der Waals surface area contributed by atoms with Gasteiger partial charge in [0.05, 0.1) is 18.3 Å². The van der Waals surface area contributed by atoms with E-state index in [0.29, 0.717) is 12.5 Å². The van der Waals surface area contributed by atoms with Crippen LogP contribution < -0.4 is 10.6 Å². The number of carbonyl (C=O) groups excluding carboxylic acids is 1. The quantitative estimate of drug-likeness (QED) is 0.855. The van der Waals surface area contributed by atoms with Gasteiger partial charge < -0.3 is 10.6 Å². The molecule has 0 fully saturated rings. The number of rotatable bonds is 6. The van der Waals surface area contributed by atoms with Crippen LogP contribution in [0.25, 0.3) is 0 Å². The number of pyridine rings is 1. The van der Waals surface area contributed by atoms with Crippen LogP contribution in [0.2, 0.25) is 0 Å². The van der Waals surface area contributed by atoms with Crippen LogP contribution in [0.15, 0.2) is 35.8 Å². The minimum Gasteiger partial charge on any atom is -0.368 e. The Kier molecular flexibility index (Phi) is 5.12. The van der Waals surface area contributed by atoms with Crippen LogP contribution >= 0.6 is 11.3 Å². The summed E-state index contributed by atoms with van der Waals surface area (Å²) in [6, 6.07) is 8.05. The van der Waals surface area contributed by atoms with E-state index in [1.54, 1.807) is 17.5 Å². The molecule has 1 unspecified atom stereocenters. The van der Waals surface area contributed by atoms with E-state index in [-0.39, 0.29) is 5.91 Å². The predicted octanol–water partition coefficient (Wildman–Crippen LogP) is 3.53. The van der Waals surface area contributed by atoms with E-state index in [1.807, 2.05) is 29.6 Å². The number of nitrogens with zero attached hydrogens (tertiary/aromatic N) is 1. The third kappa shape index (κ3) is 4.35. The minimum atomic E-state index is -0.0168. The monoisotopic (exact) mass is 289 g/mol. The van der Waals surface area contributed by atoms with Crippen LogP contribution in [0.4, 0.5) is 11.5 Å². The Morgan fingerprint density at radius 1 is 1.40 bits per heavy atom. The van der Waals surface area contributed by atoms with E-state index in [9.17, 15) is 4.79 Å². The van der Waals surface area contributed by atoms with E-state index < -0.39 is 0 Å². The fourth-order valence-corrected chi connectivity index (χ4v) is 2.39. The van der Waals surface area contributed by atoms with Gasteiger partial charge in [-0.2, -0.15) is 0 Å². The first-order valence-corrected chi connectivity index (χ1v) is 7.60. The number of anilines is 2. The molecule has 4 nitrogen and oxygen atoms in total. The molecule has 0 saturated heterocycles. The molecule has 2 heterocycles. The van der Waals surface area contributed by atoms with E-state index >= 15 is 0 Å². The van der Waals surface area contributed by atoms with Gasteiger partial charge in [0.2, 0.25) is 5.91 Å². The topological polar surface area (TPSA) is 54.0 Å². The molecule has 106 valence electrons. The van der Waals surface area contributed by atoms with Crippen molar-refractivity contribution in [1.29, 1.82) is 0 Å². The van der Waals surface area contributed by atoms with Crippen molar-refractivity contribution in [3.05, 3.63) is 40.7 Å². The number of nitrogens with one attached hydrogen (secondary N) is 2. The second-order valence-corrected chi connectivity index (χ2v) is 5.72. The maximum atomic E-state index is 11.8. The fourth-order valence-electron chi connectivity index (χ4n) is 1.68. The van der Waals surface area contributed by atoms with E-state index in [1.165, 1.54) is 0 Å². The largest absolute Gasteiger partial charge is 0.368 e. The van der Waals surface area contributed by atoms with Crippen LogP contribution in [0.3, 0.4) is 0 Å². The highest BCUT2D eigenvalue weighted by Gasteiger charge is 2.05. The molecule has 0 radical (unpaired) electrons. The lowest BCUT2D eigenvalue weighted by molar-refractivity contribution is -0.115. The first-order chi connectivity index (χ1) is 9.67. The maximum Gasteiger partial charge on any atom is 0.229 e. The molecule has 0 aliphatic rings. The summed E-state index contributed by atoms with van der Waals surface area (Å²) in [4.78, 5) is 17.2. The molecule has 2 aromatic heterocycles. The molecule has 0 saturated carbocycles. The summed E-state index contributed by atoms with van der Waals surface area (Å²) in [5.74, 6) is 0.812. The molecular weight excluding hydrogens is 270 g/mol. The van der Waals surface area contributed by atoms with Gasteiger partial charge in [-0.3, -0.25) is 4.79 Å². The fraction of sp³-hybridized carbons (Fsp3) is 0.333. The van der Waals surface area contributed by atoms with Gasteiger partial charge in [-0.05, 0) is 36.9 Å². The zero-order valence-electron chi connectivity index (χ0n) is 11.7. The van der Waals surface area contributed by atoms with Crippen molar-refractivity contribution in [2.75, 3.05) is 10.6 Å². The standard InChI is InChI=1S/C15H19N3OS/c1-3-11(2)17-14-7-6-12(10-16-14)18-15(19)9-13-5-4-8-20-13/h4-8,10-11H,3,9H2,1-2H3,(H,16,17)(H,18,19). The van der Waals surface area contributed by atoms with Gasteiger partial charge in [0.1, 0.15) is 5.82 Å². The van der Waals surface area contributed by atoms with Gasteiger partial charge in [-0.25, -0.2) is 4.98 Å². The van der Waals surface area contributed by atoms with Gasteiger partial charge >= 0.3 is 0 Å². The third-order valence-corrected chi connectivity index (χ3v) is 3.85. The molecule has 2 N–H and O–H groups in total. The SMILES string of the molecule is CCC(C)Nc1ccc(NC(=O)Cc2cccs2)cn1. The van der Waals surface area contributed by atoms with Crippen LogP contribution in [0.1, 0.15) is 25.1 Å². The van der Waals surface area contributed by atoms with Crippen molar-refractivity contribution in [3.8, 4) is 0 Å². The first-order valence-electron chi connectivity index (χ1n) is 6.72. The normalized spacial score (nSPS) is 11.9. The van der Waals surface area contributed by atoms with Crippen molar-refractivity contribution in [1.82, 2.24) is 4.98 Å². The van der Waals surface area contributed by atoms with Gasteiger partial charge in [0, 0.05) is 10.9 Å². The Morgan fingerprint density at radius 2 is 2.25 bits per heavy atom. The second kappa shape index (κ2) is 7.05. The lowest BCUT2D eigenvalue weighted by atomic mass is 10.2. The number of carbonyl (C=O) groups is 1. The van der Waals surface area contributed by atoms with Crippen molar-refractivity contribution >= 4 is 28.7 Å². The molecule has 2 rings (SSSR count). The number of aromatic nitrogens is 1. The second-order valence-electron chi connectivity index (χ2n) is 4.69. The van der Waals surface area contributed by atoms with Crippen molar-refractivity contribution < 1.29 is 4.79 Å². The Labute approximate surface area is 123 Å². The molecule has 0 bridgehead atoms. The van der Waals surface area contributed by atoms with Crippen LogP contribution in [0, 0.1) is 0 Å². The molecule has 5 heteroatoms. The number of amides is 1. The van der Waals surface area contributed by atoms with E-state index in [0.717, 1.165) is 22.8 Å². The van der Waals surface area contributed by atoms with Gasteiger partial charge in [-0.15, -0.1) is 11.3 Å². The molecule has 0 aliphatic carbocycles. The molecule has 1 amide bonds. The zero-order valence-corrected chi connectivity index (χ0v) is 12.5. The average molecular weight is 289 g/mol. The maximum absolute atomic E-state index is 11.8. The lowest BCUT2D eigenvalue weighted by Gasteiger charge is -2.12. The summed E-state index contributed by atoms with van der Waals surface area (Å²) in [5.41, 5.74) is 0.723. The van der Waals surface area contributed by atoms with E-state index in [2.05, 4.69) is 29.5 Å². The van der Waals surface area contributed by atoms with Crippen LogP contribution in [-0.2, 0) is 11.2 Å². The molecular formula is C15H19N3OS. The summed E-state index contributed by atoms with van der Waals surface area (Å²) < 4.78 is 0. The minimum absolute atomic E-state index is 0.0168. The van der Waals surface area contributed by atoms with Crippen molar-refractivity contribution in [3.63, 3.8) is 0 Å². The Bertz CT molecular complexity index is 537. The summed E-state index contributed by atoms with van der Waals surface area (Å²) in [5, 5.41) is 8.11. The molecule has 0 aliphatic heterocycles. The first kappa shape index (κ1) is 14.5. The van der Waals surface area contributed by atoms with Crippen molar-refractivity contribution in [2.45, 2.75) is 32.7 Å². The van der Waals surface area contributed by atoms with E-state index in [4.69, 9.17) is 0 Å². The number of hydrogen-bond acceptors (Lipinski definition) is 4. The molecule has 0 aromatic carbocycles. The third-order valence-electron chi connectivity index (χ3n) is 2.97. The average Bonchev–Trinajstić information content (AvgIpc) is 2.93.